The first-order valence-electron chi connectivity index (χ1n) is 21.3. The van der Waals surface area contributed by atoms with Gasteiger partial charge in [0.1, 0.15) is 22.3 Å². The predicted molar refractivity (Wildman–Crippen MR) is 252 cm³/mol. The third-order valence-corrected chi connectivity index (χ3v) is 13.4. The molecule has 14 rings (SSSR count). The molecule has 1 spiro atoms. The van der Waals surface area contributed by atoms with Crippen LogP contribution in [0, 0.1) is 0 Å². The molecule has 0 aliphatic heterocycles. The van der Waals surface area contributed by atoms with E-state index in [0.717, 1.165) is 66.1 Å². The van der Waals surface area contributed by atoms with Gasteiger partial charge in [-0.05, 0) is 98.1 Å². The quantitative estimate of drug-likeness (QED) is 0.178. The lowest BCUT2D eigenvalue weighted by Gasteiger charge is -2.35. The standard InChI is InChI=1S/C58H33N3O2/c1-2-15-37-36(14-1)38-16-3-8-22-46(38)58(47-23-9-4-17-39(47)40-18-5-10-24-48(40)58)49-30-28-34(32-44(37)49)55-59-56(35-29-31-52-45(33-35)41-19-6-11-25-50(41)62-52)61-57(60-55)43-21-13-27-53-54(43)42-20-7-12-26-51(42)63-53/h1-33H. The zero-order chi connectivity index (χ0) is 41.2. The van der Waals surface area contributed by atoms with Gasteiger partial charge in [-0.3, -0.25) is 0 Å². The number of para-hydroxylation sites is 2. The van der Waals surface area contributed by atoms with E-state index in [1.54, 1.807) is 0 Å². The number of nitrogens with zero attached hydrogens (tertiary/aromatic N) is 3. The number of hydrogen-bond acceptors (Lipinski definition) is 5. The number of aromatic nitrogens is 3. The number of furan rings is 2. The minimum absolute atomic E-state index is 0.571. The largest absolute Gasteiger partial charge is 0.456 e. The number of hydrogen-bond donors (Lipinski definition) is 0. The topological polar surface area (TPSA) is 65.0 Å². The van der Waals surface area contributed by atoms with Gasteiger partial charge in [0.15, 0.2) is 17.5 Å². The Balaban J connectivity index is 1.06. The molecule has 0 N–H and O–H groups in total. The monoisotopic (exact) mass is 803 g/mol. The van der Waals surface area contributed by atoms with Crippen molar-refractivity contribution in [3.8, 4) is 67.5 Å². The van der Waals surface area contributed by atoms with Crippen LogP contribution in [0.25, 0.3) is 111 Å². The maximum atomic E-state index is 6.37. The second-order valence-corrected chi connectivity index (χ2v) is 16.6. The Bertz CT molecular complexity index is 3850. The van der Waals surface area contributed by atoms with Crippen LogP contribution in [0.15, 0.2) is 209 Å². The van der Waals surface area contributed by atoms with Crippen LogP contribution in [0.3, 0.4) is 0 Å². The lowest BCUT2D eigenvalue weighted by atomic mass is 9.66. The summed E-state index contributed by atoms with van der Waals surface area (Å²) >= 11 is 0. The van der Waals surface area contributed by atoms with Gasteiger partial charge >= 0.3 is 0 Å². The average molecular weight is 804 g/mol. The molecule has 0 atom stereocenters. The molecule has 0 saturated carbocycles. The van der Waals surface area contributed by atoms with Gasteiger partial charge in [-0.1, -0.05) is 158 Å². The molecule has 0 unspecified atom stereocenters. The average Bonchev–Trinajstić information content (AvgIpc) is 4.00. The highest BCUT2D eigenvalue weighted by atomic mass is 16.3. The van der Waals surface area contributed by atoms with Crippen LogP contribution in [-0.2, 0) is 5.41 Å². The van der Waals surface area contributed by atoms with Crippen LogP contribution in [0.5, 0.6) is 0 Å². The second kappa shape index (κ2) is 12.8. The van der Waals surface area contributed by atoms with Crippen LogP contribution in [0.4, 0.5) is 0 Å². The minimum Gasteiger partial charge on any atom is -0.456 e. The molecule has 9 aromatic carbocycles. The molecule has 292 valence electrons. The fourth-order valence-electron chi connectivity index (χ4n) is 10.8. The summed E-state index contributed by atoms with van der Waals surface area (Å²) in [5.41, 5.74) is 17.7. The summed E-state index contributed by atoms with van der Waals surface area (Å²) in [6.07, 6.45) is 0. The lowest BCUT2D eigenvalue weighted by Crippen LogP contribution is -2.29. The summed E-state index contributed by atoms with van der Waals surface area (Å²) in [7, 11) is 0. The summed E-state index contributed by atoms with van der Waals surface area (Å²) in [5, 5.41) is 4.05. The van der Waals surface area contributed by atoms with Gasteiger partial charge < -0.3 is 8.83 Å². The van der Waals surface area contributed by atoms with Crippen LogP contribution in [0.1, 0.15) is 22.3 Å². The molecule has 0 saturated heterocycles. The zero-order valence-corrected chi connectivity index (χ0v) is 33.7. The summed E-state index contributed by atoms with van der Waals surface area (Å²) in [4.78, 5) is 16.0. The van der Waals surface area contributed by atoms with E-state index >= 15 is 0 Å². The van der Waals surface area contributed by atoms with E-state index in [1.807, 2.05) is 60.7 Å². The Morgan fingerprint density at radius 3 is 1.43 bits per heavy atom. The predicted octanol–water partition coefficient (Wildman–Crippen LogP) is 14.7. The molecule has 0 fully saturated rings. The molecular formula is C58H33N3O2. The summed E-state index contributed by atoms with van der Waals surface area (Å²) in [6, 6.07) is 71.2. The van der Waals surface area contributed by atoms with E-state index in [-0.39, 0.29) is 0 Å². The third kappa shape index (κ3) is 4.73. The molecule has 12 aromatic rings. The Labute approximate surface area is 361 Å². The highest BCUT2D eigenvalue weighted by Crippen LogP contribution is 2.61. The van der Waals surface area contributed by atoms with Crippen LogP contribution >= 0.6 is 0 Å². The molecular weight excluding hydrogens is 771 g/mol. The van der Waals surface area contributed by atoms with E-state index in [1.165, 1.54) is 50.1 Å². The van der Waals surface area contributed by atoms with Crippen LogP contribution < -0.4 is 0 Å². The molecule has 3 heterocycles. The van der Waals surface area contributed by atoms with E-state index in [4.69, 9.17) is 23.8 Å². The highest BCUT2D eigenvalue weighted by Gasteiger charge is 2.49. The Hall–Kier alpha value is -8.41. The molecule has 2 aliphatic carbocycles. The van der Waals surface area contributed by atoms with Gasteiger partial charge in [0.2, 0.25) is 0 Å². The van der Waals surface area contributed by atoms with Gasteiger partial charge in [-0.25, -0.2) is 15.0 Å². The summed E-state index contributed by atoms with van der Waals surface area (Å²) < 4.78 is 12.6. The molecule has 2 aliphatic rings. The van der Waals surface area contributed by atoms with Crippen LogP contribution in [0.2, 0.25) is 0 Å². The Kier molecular flexibility index (Phi) is 6.97. The minimum atomic E-state index is -0.577. The Morgan fingerprint density at radius 2 is 0.730 bits per heavy atom. The van der Waals surface area contributed by atoms with Gasteiger partial charge in [0.25, 0.3) is 0 Å². The van der Waals surface area contributed by atoms with E-state index in [0.29, 0.717) is 17.5 Å². The normalized spacial score (nSPS) is 13.2. The van der Waals surface area contributed by atoms with Gasteiger partial charge in [-0.15, -0.1) is 0 Å². The zero-order valence-electron chi connectivity index (χ0n) is 33.7. The Morgan fingerprint density at radius 1 is 0.286 bits per heavy atom. The second-order valence-electron chi connectivity index (χ2n) is 16.6. The number of benzene rings is 9. The van der Waals surface area contributed by atoms with Crippen molar-refractivity contribution in [2.45, 2.75) is 5.41 Å². The molecule has 3 aromatic heterocycles. The van der Waals surface area contributed by atoms with Crippen molar-refractivity contribution < 1.29 is 8.83 Å². The number of rotatable bonds is 3. The molecule has 0 amide bonds. The van der Waals surface area contributed by atoms with Gasteiger partial charge in [0.05, 0.1) is 5.41 Å². The van der Waals surface area contributed by atoms with Crippen molar-refractivity contribution >= 4 is 43.9 Å². The lowest BCUT2D eigenvalue weighted by molar-refractivity contribution is 0.668. The SMILES string of the molecule is c1ccc2c(c1)-c1ccccc1C1(c3ccc(-c4nc(-c5ccc6oc7ccccc7c6c5)nc(-c5cccc6oc7ccccc7c56)n4)cc3-2)c2ccccc2-c2ccccc21. The third-order valence-electron chi connectivity index (χ3n) is 13.4. The van der Waals surface area contributed by atoms with Crippen molar-refractivity contribution in [3.05, 3.63) is 222 Å². The fourth-order valence-corrected chi connectivity index (χ4v) is 10.8. The first-order valence-corrected chi connectivity index (χ1v) is 21.3. The van der Waals surface area contributed by atoms with E-state index < -0.39 is 5.41 Å². The molecule has 63 heavy (non-hydrogen) atoms. The van der Waals surface area contributed by atoms with Crippen molar-refractivity contribution in [3.63, 3.8) is 0 Å². The van der Waals surface area contributed by atoms with Gasteiger partial charge in [0, 0.05) is 38.2 Å². The van der Waals surface area contributed by atoms with Crippen molar-refractivity contribution in [1.82, 2.24) is 15.0 Å². The highest BCUT2D eigenvalue weighted by molar-refractivity contribution is 6.12. The van der Waals surface area contributed by atoms with Crippen molar-refractivity contribution in [1.29, 1.82) is 0 Å². The van der Waals surface area contributed by atoms with Crippen LogP contribution in [-0.4, -0.2) is 15.0 Å². The maximum Gasteiger partial charge on any atom is 0.164 e. The van der Waals surface area contributed by atoms with Crippen molar-refractivity contribution in [2.75, 3.05) is 0 Å². The van der Waals surface area contributed by atoms with E-state index in [9.17, 15) is 0 Å². The summed E-state index contributed by atoms with van der Waals surface area (Å²) in [5.74, 6) is 1.73. The van der Waals surface area contributed by atoms with E-state index in [2.05, 4.69) is 140 Å². The maximum absolute atomic E-state index is 6.37. The van der Waals surface area contributed by atoms with Crippen molar-refractivity contribution in [2.24, 2.45) is 0 Å². The smallest absolute Gasteiger partial charge is 0.164 e. The molecule has 5 heteroatoms. The fraction of sp³-hybridized carbons (Fsp3) is 0.0172. The van der Waals surface area contributed by atoms with Gasteiger partial charge in [-0.2, -0.15) is 0 Å². The number of fused-ring (bicyclic) bond motifs is 18. The summed E-state index contributed by atoms with van der Waals surface area (Å²) in [6.45, 7) is 0. The molecule has 0 bridgehead atoms. The molecule has 5 nitrogen and oxygen atoms in total. The first-order chi connectivity index (χ1) is 31.2. The first kappa shape index (κ1) is 34.3. The molecule has 0 radical (unpaired) electrons.